The summed E-state index contributed by atoms with van der Waals surface area (Å²) >= 11 is 1.32. The number of rotatable bonds is 2. The van der Waals surface area contributed by atoms with Gasteiger partial charge in [-0.1, -0.05) is 0 Å². The Kier molecular flexibility index (Phi) is 3.35. The lowest BCUT2D eigenvalue weighted by molar-refractivity contribution is -0.114. The van der Waals surface area contributed by atoms with Crippen molar-refractivity contribution >= 4 is 50.8 Å². The fourth-order valence-electron chi connectivity index (χ4n) is 2.89. The number of fused-ring (bicyclic) bond motifs is 2. The summed E-state index contributed by atoms with van der Waals surface area (Å²) in [5, 5.41) is 25.1. The van der Waals surface area contributed by atoms with E-state index in [1.54, 1.807) is 0 Å². The van der Waals surface area contributed by atoms with Crippen LogP contribution in [0.3, 0.4) is 0 Å². The van der Waals surface area contributed by atoms with Gasteiger partial charge < -0.3 is 9.52 Å². The first-order valence-corrected chi connectivity index (χ1v) is 9.07. The van der Waals surface area contributed by atoms with Gasteiger partial charge in [0.2, 0.25) is 5.17 Å². The molecular weight excluding hydrogens is 368 g/mol. The number of amidine groups is 2. The van der Waals surface area contributed by atoms with Crippen molar-refractivity contribution in [1.82, 2.24) is 5.01 Å². The van der Waals surface area contributed by atoms with E-state index in [4.69, 9.17) is 9.83 Å². The van der Waals surface area contributed by atoms with Gasteiger partial charge in [0.15, 0.2) is 11.3 Å². The van der Waals surface area contributed by atoms with Gasteiger partial charge in [0.05, 0.1) is 16.5 Å². The second-order valence-electron chi connectivity index (χ2n) is 6.43. The third-order valence-electron chi connectivity index (χ3n) is 4.48. The second-order valence-corrected chi connectivity index (χ2v) is 7.42. The number of nitrogens with zero attached hydrogens (tertiary/aromatic N) is 3. The molecule has 9 heteroatoms. The number of phenols is 1. The van der Waals surface area contributed by atoms with Gasteiger partial charge >= 0.3 is 0 Å². The smallest absolute Gasteiger partial charge is 0.283 e. The summed E-state index contributed by atoms with van der Waals surface area (Å²) in [6.45, 7) is 0. The Morgan fingerprint density at radius 1 is 1.33 bits per heavy atom. The fourth-order valence-corrected chi connectivity index (χ4v) is 3.95. The standard InChI is InChI=1S/C18H12N4O4S/c19-15-12(16(25)20-18-22(15)21-17(27-18)8-1-2-8)5-9-7-26-13-4-3-10(23)6-11(13)14(9)24/h3-8,19,23H,1-2H2. The number of carbonyl (C=O) groups excluding carboxylic acids is 1. The zero-order chi connectivity index (χ0) is 18.7. The van der Waals surface area contributed by atoms with Crippen molar-refractivity contribution in [3.63, 3.8) is 0 Å². The van der Waals surface area contributed by atoms with Gasteiger partial charge in [-0.3, -0.25) is 15.0 Å². The Balaban J connectivity index is 1.58. The molecule has 2 N–H and O–H groups in total. The van der Waals surface area contributed by atoms with Crippen LogP contribution >= 0.6 is 11.8 Å². The zero-order valence-electron chi connectivity index (χ0n) is 13.8. The number of phenolic OH excluding ortho intramolecular Hbond substituents is 1. The van der Waals surface area contributed by atoms with E-state index in [2.05, 4.69) is 10.1 Å². The number of hydrogen-bond donors (Lipinski definition) is 2. The molecule has 1 aromatic carbocycles. The van der Waals surface area contributed by atoms with Crippen LogP contribution in [0.15, 0.2) is 49.3 Å². The van der Waals surface area contributed by atoms with Gasteiger partial charge in [-0.2, -0.15) is 15.1 Å². The van der Waals surface area contributed by atoms with Crippen molar-refractivity contribution in [1.29, 1.82) is 5.41 Å². The van der Waals surface area contributed by atoms with Crippen LogP contribution in [-0.2, 0) is 4.79 Å². The summed E-state index contributed by atoms with van der Waals surface area (Å²) in [4.78, 5) is 29.1. The molecule has 1 amide bonds. The third kappa shape index (κ3) is 2.58. The minimum absolute atomic E-state index is 0.0352. The van der Waals surface area contributed by atoms with Crippen molar-refractivity contribution in [3.05, 3.63) is 45.8 Å². The normalized spacial score (nSPS) is 20.9. The summed E-state index contributed by atoms with van der Waals surface area (Å²) < 4.78 is 5.42. The van der Waals surface area contributed by atoms with Gasteiger partial charge in [-0.15, -0.1) is 0 Å². The van der Waals surface area contributed by atoms with E-state index < -0.39 is 11.3 Å². The predicted molar refractivity (Wildman–Crippen MR) is 102 cm³/mol. The highest BCUT2D eigenvalue weighted by Crippen LogP contribution is 2.40. The maximum atomic E-state index is 12.7. The first kappa shape index (κ1) is 16.0. The second kappa shape index (κ2) is 5.65. The molecule has 5 rings (SSSR count). The number of aliphatic imine (C=N–C) groups is 1. The highest BCUT2D eigenvalue weighted by atomic mass is 32.2. The van der Waals surface area contributed by atoms with Gasteiger partial charge in [0, 0.05) is 5.92 Å². The number of thioether (sulfide) groups is 1. The number of aromatic hydroxyl groups is 1. The first-order valence-electron chi connectivity index (χ1n) is 8.26. The van der Waals surface area contributed by atoms with Crippen LogP contribution in [0.25, 0.3) is 17.0 Å². The average Bonchev–Trinajstić information content (AvgIpc) is 3.41. The van der Waals surface area contributed by atoms with Crippen LogP contribution in [-0.4, -0.2) is 32.1 Å². The lowest BCUT2D eigenvalue weighted by atomic mass is 10.1. The zero-order valence-corrected chi connectivity index (χ0v) is 14.6. The van der Waals surface area contributed by atoms with Crippen LogP contribution in [0.1, 0.15) is 18.4 Å². The van der Waals surface area contributed by atoms with E-state index >= 15 is 0 Å². The van der Waals surface area contributed by atoms with Crippen molar-refractivity contribution in [2.45, 2.75) is 12.8 Å². The Morgan fingerprint density at radius 3 is 2.93 bits per heavy atom. The van der Waals surface area contributed by atoms with E-state index in [1.807, 2.05) is 0 Å². The maximum Gasteiger partial charge on any atom is 0.283 e. The topological polar surface area (TPSA) is 119 Å². The van der Waals surface area contributed by atoms with E-state index in [0.29, 0.717) is 16.7 Å². The monoisotopic (exact) mass is 380 g/mol. The Bertz CT molecular complexity index is 1190. The summed E-state index contributed by atoms with van der Waals surface area (Å²) in [6, 6.07) is 4.21. The van der Waals surface area contributed by atoms with E-state index in [-0.39, 0.29) is 28.1 Å². The molecule has 0 spiro atoms. The summed E-state index contributed by atoms with van der Waals surface area (Å²) in [7, 11) is 0. The Morgan fingerprint density at radius 2 is 2.15 bits per heavy atom. The first-order chi connectivity index (χ1) is 13.0. The molecule has 1 fully saturated rings. The number of amides is 1. The van der Waals surface area contributed by atoms with Crippen molar-refractivity contribution in [2.75, 3.05) is 0 Å². The number of hydrazone groups is 1. The Labute approximate surface area is 156 Å². The van der Waals surface area contributed by atoms with Crippen LogP contribution in [0.5, 0.6) is 5.75 Å². The molecule has 0 radical (unpaired) electrons. The molecule has 8 nitrogen and oxygen atoms in total. The van der Waals surface area contributed by atoms with E-state index in [1.165, 1.54) is 47.3 Å². The third-order valence-corrected chi connectivity index (χ3v) is 5.55. The molecule has 27 heavy (non-hydrogen) atoms. The van der Waals surface area contributed by atoms with Gasteiger partial charge in [0.25, 0.3) is 5.91 Å². The molecule has 1 saturated carbocycles. The maximum absolute atomic E-state index is 12.7. The largest absolute Gasteiger partial charge is 0.508 e. The van der Waals surface area contributed by atoms with E-state index in [9.17, 15) is 14.7 Å². The van der Waals surface area contributed by atoms with Gasteiger partial charge in [-0.25, -0.2) is 0 Å². The Hall–Kier alpha value is -3.20. The van der Waals surface area contributed by atoms with Crippen molar-refractivity contribution < 1.29 is 14.3 Å². The van der Waals surface area contributed by atoms with Crippen molar-refractivity contribution in [3.8, 4) is 5.75 Å². The average molecular weight is 380 g/mol. The number of hydrogen-bond acceptors (Lipinski definition) is 7. The minimum Gasteiger partial charge on any atom is -0.508 e. The predicted octanol–water partition coefficient (Wildman–Crippen LogP) is 2.53. The minimum atomic E-state index is -0.596. The molecule has 1 aliphatic carbocycles. The molecule has 2 aromatic rings. The highest BCUT2D eigenvalue weighted by molar-refractivity contribution is 8.27. The fraction of sp³-hybridized carbons (Fsp3) is 0.167. The lowest BCUT2D eigenvalue weighted by Gasteiger charge is -2.20. The van der Waals surface area contributed by atoms with Gasteiger partial charge in [0.1, 0.15) is 22.6 Å². The molecule has 0 atom stereocenters. The number of carbonyl (C=O) groups is 1. The molecule has 3 aliphatic rings. The molecule has 0 unspecified atom stereocenters. The molecule has 1 aromatic heterocycles. The summed E-state index contributed by atoms with van der Waals surface area (Å²) in [6.07, 6.45) is 4.63. The number of nitrogens with one attached hydrogen (secondary N) is 1. The van der Waals surface area contributed by atoms with Gasteiger partial charge in [-0.05, 0) is 48.9 Å². The summed E-state index contributed by atoms with van der Waals surface area (Å²) in [5.74, 6) is -0.393. The molecule has 0 bridgehead atoms. The van der Waals surface area contributed by atoms with Crippen LogP contribution < -0.4 is 5.43 Å². The molecule has 134 valence electrons. The lowest BCUT2D eigenvalue weighted by Crippen LogP contribution is -2.35. The SMILES string of the molecule is N=C1C(=Cc2coc3ccc(O)cc3c2=O)C(=O)N=C2SC(C3CC3)=NN12. The summed E-state index contributed by atoms with van der Waals surface area (Å²) in [5.41, 5.74) is -0.0297. The van der Waals surface area contributed by atoms with E-state index in [0.717, 1.165) is 17.9 Å². The van der Waals surface area contributed by atoms with Crippen LogP contribution in [0.2, 0.25) is 0 Å². The molecule has 2 aliphatic heterocycles. The van der Waals surface area contributed by atoms with Crippen LogP contribution in [0.4, 0.5) is 0 Å². The molecular formula is C18H12N4O4S. The quantitative estimate of drug-likeness (QED) is 0.773. The van der Waals surface area contributed by atoms with Crippen LogP contribution in [0, 0.1) is 11.3 Å². The molecule has 3 heterocycles. The van der Waals surface area contributed by atoms with Crippen molar-refractivity contribution in [2.24, 2.45) is 16.0 Å². The number of benzene rings is 1. The highest BCUT2D eigenvalue weighted by Gasteiger charge is 2.40. The molecule has 0 saturated heterocycles.